The number of piperazine rings is 1. The van der Waals surface area contributed by atoms with Crippen molar-refractivity contribution in [2.24, 2.45) is 0 Å². The van der Waals surface area contributed by atoms with E-state index in [0.717, 1.165) is 50.7 Å². The summed E-state index contributed by atoms with van der Waals surface area (Å²) in [7, 11) is 1.71. The molecule has 0 spiro atoms. The van der Waals surface area contributed by atoms with Crippen molar-refractivity contribution in [1.82, 2.24) is 19.4 Å². The number of aromatic nitrogens is 2. The van der Waals surface area contributed by atoms with Crippen molar-refractivity contribution >= 4 is 5.91 Å². The standard InChI is InChI=1S/C18H24N4O2/c1-24-14-13-21-8-7-19-17(21)15-20-9-11-22(12-10-20)18(23)16-5-3-2-4-6-16/h2-8H,9-15H2,1H3. The van der Waals surface area contributed by atoms with E-state index >= 15 is 0 Å². The lowest BCUT2D eigenvalue weighted by atomic mass is 10.2. The Bertz CT molecular complexity index is 648. The predicted octanol–water partition coefficient (Wildman–Crippen LogP) is 1.49. The van der Waals surface area contributed by atoms with Crippen LogP contribution in [0.25, 0.3) is 0 Å². The van der Waals surface area contributed by atoms with Crippen molar-refractivity contribution < 1.29 is 9.53 Å². The first-order valence-electron chi connectivity index (χ1n) is 8.33. The number of hydrogen-bond donors (Lipinski definition) is 0. The van der Waals surface area contributed by atoms with Gasteiger partial charge in [0.2, 0.25) is 0 Å². The van der Waals surface area contributed by atoms with Crippen LogP contribution in [0, 0.1) is 0 Å². The lowest BCUT2D eigenvalue weighted by Gasteiger charge is -2.34. The zero-order valence-corrected chi connectivity index (χ0v) is 14.1. The van der Waals surface area contributed by atoms with E-state index in [1.165, 1.54) is 0 Å². The van der Waals surface area contributed by atoms with Crippen molar-refractivity contribution in [2.45, 2.75) is 13.1 Å². The summed E-state index contributed by atoms with van der Waals surface area (Å²) in [5, 5.41) is 0. The SMILES string of the molecule is COCCn1ccnc1CN1CCN(C(=O)c2ccccc2)CC1. The van der Waals surface area contributed by atoms with Gasteiger partial charge in [0.05, 0.1) is 13.2 Å². The van der Waals surface area contributed by atoms with E-state index in [9.17, 15) is 4.79 Å². The quantitative estimate of drug-likeness (QED) is 0.806. The average Bonchev–Trinajstić information content (AvgIpc) is 3.07. The van der Waals surface area contributed by atoms with E-state index in [0.29, 0.717) is 6.61 Å². The molecule has 2 heterocycles. The summed E-state index contributed by atoms with van der Waals surface area (Å²) in [6.45, 7) is 5.57. The molecular formula is C18H24N4O2. The van der Waals surface area contributed by atoms with E-state index < -0.39 is 0 Å². The second-order valence-electron chi connectivity index (χ2n) is 5.96. The third-order valence-electron chi connectivity index (χ3n) is 4.38. The normalized spacial score (nSPS) is 15.6. The molecule has 0 unspecified atom stereocenters. The fourth-order valence-corrected chi connectivity index (χ4v) is 2.96. The van der Waals surface area contributed by atoms with Gasteiger partial charge >= 0.3 is 0 Å². The number of amides is 1. The van der Waals surface area contributed by atoms with Gasteiger partial charge in [0.15, 0.2) is 0 Å². The van der Waals surface area contributed by atoms with Gasteiger partial charge in [-0.2, -0.15) is 0 Å². The largest absolute Gasteiger partial charge is 0.383 e. The maximum absolute atomic E-state index is 12.5. The molecule has 6 nitrogen and oxygen atoms in total. The van der Waals surface area contributed by atoms with Gasteiger partial charge in [-0.05, 0) is 12.1 Å². The van der Waals surface area contributed by atoms with Gasteiger partial charge in [-0.3, -0.25) is 9.69 Å². The van der Waals surface area contributed by atoms with Gasteiger partial charge < -0.3 is 14.2 Å². The van der Waals surface area contributed by atoms with Crippen LogP contribution in [-0.2, 0) is 17.8 Å². The van der Waals surface area contributed by atoms with Crippen LogP contribution in [0.15, 0.2) is 42.7 Å². The summed E-state index contributed by atoms with van der Waals surface area (Å²) in [5.74, 6) is 1.17. The summed E-state index contributed by atoms with van der Waals surface area (Å²) in [5.41, 5.74) is 0.765. The minimum Gasteiger partial charge on any atom is -0.383 e. The molecule has 1 fully saturated rings. The molecule has 1 saturated heterocycles. The van der Waals surface area contributed by atoms with E-state index in [-0.39, 0.29) is 5.91 Å². The van der Waals surface area contributed by atoms with Crippen LogP contribution in [0.3, 0.4) is 0 Å². The number of imidazole rings is 1. The van der Waals surface area contributed by atoms with Crippen LogP contribution in [0.1, 0.15) is 16.2 Å². The third-order valence-corrected chi connectivity index (χ3v) is 4.38. The summed E-state index contributed by atoms with van der Waals surface area (Å²) in [6.07, 6.45) is 3.82. The molecule has 1 amide bonds. The number of rotatable bonds is 6. The van der Waals surface area contributed by atoms with Gasteiger partial charge in [0, 0.05) is 57.8 Å². The molecule has 128 valence electrons. The van der Waals surface area contributed by atoms with Crippen LogP contribution in [-0.4, -0.2) is 65.2 Å². The summed E-state index contributed by atoms with van der Waals surface area (Å²) in [6, 6.07) is 9.50. The number of carbonyl (C=O) groups excluding carboxylic acids is 1. The monoisotopic (exact) mass is 328 g/mol. The van der Waals surface area contributed by atoms with E-state index in [2.05, 4.69) is 14.5 Å². The molecule has 0 saturated carbocycles. The molecule has 3 rings (SSSR count). The number of nitrogens with zero attached hydrogens (tertiary/aromatic N) is 4. The smallest absolute Gasteiger partial charge is 0.253 e. The molecule has 0 radical (unpaired) electrons. The van der Waals surface area contributed by atoms with Gasteiger partial charge in [-0.1, -0.05) is 18.2 Å². The maximum atomic E-state index is 12.5. The molecule has 0 bridgehead atoms. The molecule has 1 aliphatic rings. The first-order chi connectivity index (χ1) is 11.8. The highest BCUT2D eigenvalue weighted by Crippen LogP contribution is 2.11. The van der Waals surface area contributed by atoms with Crippen LogP contribution < -0.4 is 0 Å². The van der Waals surface area contributed by atoms with Crippen LogP contribution in [0.5, 0.6) is 0 Å². The number of carbonyl (C=O) groups is 1. The minimum atomic E-state index is 0.122. The molecule has 6 heteroatoms. The summed E-state index contributed by atoms with van der Waals surface area (Å²) >= 11 is 0. The van der Waals surface area contributed by atoms with Gasteiger partial charge in [0.1, 0.15) is 5.82 Å². The fourth-order valence-electron chi connectivity index (χ4n) is 2.96. The Balaban J connectivity index is 1.52. The second-order valence-corrected chi connectivity index (χ2v) is 5.96. The van der Waals surface area contributed by atoms with E-state index in [1.807, 2.05) is 47.6 Å². The zero-order chi connectivity index (χ0) is 16.8. The van der Waals surface area contributed by atoms with Crippen LogP contribution in [0.4, 0.5) is 0 Å². The highest BCUT2D eigenvalue weighted by Gasteiger charge is 2.22. The molecule has 1 aromatic heterocycles. The molecular weight excluding hydrogens is 304 g/mol. The molecule has 0 N–H and O–H groups in total. The van der Waals surface area contributed by atoms with Crippen molar-refractivity contribution in [3.05, 3.63) is 54.1 Å². The third kappa shape index (κ3) is 4.01. The Morgan fingerprint density at radius 3 is 2.62 bits per heavy atom. The Morgan fingerprint density at radius 2 is 1.92 bits per heavy atom. The highest BCUT2D eigenvalue weighted by atomic mass is 16.5. The van der Waals surface area contributed by atoms with Gasteiger partial charge in [-0.15, -0.1) is 0 Å². The minimum absolute atomic E-state index is 0.122. The Labute approximate surface area is 142 Å². The topological polar surface area (TPSA) is 50.6 Å². The van der Waals surface area contributed by atoms with Crippen molar-refractivity contribution in [3.8, 4) is 0 Å². The number of hydrogen-bond acceptors (Lipinski definition) is 4. The van der Waals surface area contributed by atoms with Crippen LogP contribution >= 0.6 is 0 Å². The second kappa shape index (κ2) is 8.08. The lowest BCUT2D eigenvalue weighted by Crippen LogP contribution is -2.48. The highest BCUT2D eigenvalue weighted by molar-refractivity contribution is 5.94. The molecule has 0 aliphatic carbocycles. The Kier molecular flexibility index (Phi) is 5.61. The molecule has 2 aromatic rings. The Morgan fingerprint density at radius 1 is 1.17 bits per heavy atom. The van der Waals surface area contributed by atoms with E-state index in [1.54, 1.807) is 7.11 Å². The van der Waals surface area contributed by atoms with Gasteiger partial charge in [-0.25, -0.2) is 4.98 Å². The number of ether oxygens (including phenoxy) is 1. The molecule has 1 aromatic carbocycles. The summed E-state index contributed by atoms with van der Waals surface area (Å²) < 4.78 is 7.27. The summed E-state index contributed by atoms with van der Waals surface area (Å²) in [4.78, 5) is 21.2. The first-order valence-corrected chi connectivity index (χ1v) is 8.33. The number of benzene rings is 1. The van der Waals surface area contributed by atoms with Gasteiger partial charge in [0.25, 0.3) is 5.91 Å². The fraction of sp³-hybridized carbons (Fsp3) is 0.444. The lowest BCUT2D eigenvalue weighted by molar-refractivity contribution is 0.0623. The Hall–Kier alpha value is -2.18. The zero-order valence-electron chi connectivity index (χ0n) is 14.1. The van der Waals surface area contributed by atoms with E-state index in [4.69, 9.17) is 4.74 Å². The molecule has 1 aliphatic heterocycles. The predicted molar refractivity (Wildman–Crippen MR) is 91.7 cm³/mol. The number of methoxy groups -OCH3 is 1. The first kappa shape index (κ1) is 16.7. The maximum Gasteiger partial charge on any atom is 0.253 e. The van der Waals surface area contributed by atoms with Crippen LogP contribution in [0.2, 0.25) is 0 Å². The molecule has 0 atom stereocenters. The van der Waals surface area contributed by atoms with Crippen molar-refractivity contribution in [2.75, 3.05) is 39.9 Å². The molecule has 24 heavy (non-hydrogen) atoms. The average molecular weight is 328 g/mol. The van der Waals surface area contributed by atoms with Crippen molar-refractivity contribution in [3.63, 3.8) is 0 Å². The van der Waals surface area contributed by atoms with Crippen molar-refractivity contribution in [1.29, 1.82) is 0 Å².